The first-order valence-electron chi connectivity index (χ1n) is 9.49. The van der Waals surface area contributed by atoms with Crippen molar-refractivity contribution < 1.29 is 14.3 Å². The summed E-state index contributed by atoms with van der Waals surface area (Å²) < 4.78 is 10.5. The molecule has 0 spiro atoms. The number of aromatic amines is 1. The van der Waals surface area contributed by atoms with E-state index < -0.39 is 0 Å². The minimum Gasteiger partial charge on any atom is -0.497 e. The Morgan fingerprint density at radius 1 is 1.13 bits per heavy atom. The van der Waals surface area contributed by atoms with Gasteiger partial charge >= 0.3 is 0 Å². The van der Waals surface area contributed by atoms with Crippen LogP contribution in [0.4, 0.5) is 0 Å². The predicted molar refractivity (Wildman–Crippen MR) is 113 cm³/mol. The number of ether oxygens (including phenoxy) is 2. The molecule has 2 N–H and O–H groups in total. The fourth-order valence-electron chi connectivity index (χ4n) is 3.07. The zero-order valence-corrected chi connectivity index (χ0v) is 17.2. The molecule has 0 saturated carbocycles. The van der Waals surface area contributed by atoms with Gasteiger partial charge in [0.1, 0.15) is 17.3 Å². The van der Waals surface area contributed by atoms with Gasteiger partial charge in [-0.25, -0.2) is 4.98 Å². The number of rotatable bonds is 8. The molecule has 0 atom stereocenters. The standard InChI is InChI=1S/C22H24N4O4/c1-14-18(22(28)26-21(25-14)15-8-10-23-11-9-15)6-7-20(27)24-13-16-4-5-17(29-2)12-19(16)30-3/h4-5,8-12H,6-7,13H2,1-3H3,(H,24,27)(H,25,26,28). The van der Waals surface area contributed by atoms with Crippen LogP contribution in [-0.2, 0) is 17.8 Å². The van der Waals surface area contributed by atoms with Crippen LogP contribution in [0, 0.1) is 6.92 Å². The molecular weight excluding hydrogens is 384 g/mol. The topological polar surface area (TPSA) is 106 Å². The summed E-state index contributed by atoms with van der Waals surface area (Å²) in [4.78, 5) is 36.0. The maximum atomic E-state index is 12.5. The van der Waals surface area contributed by atoms with Crippen molar-refractivity contribution in [2.24, 2.45) is 0 Å². The first kappa shape index (κ1) is 21.0. The second-order valence-corrected chi connectivity index (χ2v) is 6.67. The molecule has 0 fully saturated rings. The zero-order valence-electron chi connectivity index (χ0n) is 17.2. The minimum atomic E-state index is -0.237. The fourth-order valence-corrected chi connectivity index (χ4v) is 3.07. The molecule has 0 aliphatic carbocycles. The lowest BCUT2D eigenvalue weighted by molar-refractivity contribution is -0.121. The van der Waals surface area contributed by atoms with Crippen LogP contribution in [0.3, 0.4) is 0 Å². The molecule has 30 heavy (non-hydrogen) atoms. The lowest BCUT2D eigenvalue weighted by Crippen LogP contribution is -2.25. The number of nitrogens with zero attached hydrogens (tertiary/aromatic N) is 2. The number of amides is 1. The second kappa shape index (κ2) is 9.69. The number of aryl methyl sites for hydroxylation is 1. The lowest BCUT2D eigenvalue weighted by Gasteiger charge is -2.11. The number of methoxy groups -OCH3 is 2. The van der Waals surface area contributed by atoms with E-state index in [0.717, 1.165) is 11.1 Å². The molecular formula is C22H24N4O4. The van der Waals surface area contributed by atoms with Crippen molar-refractivity contribution in [1.29, 1.82) is 0 Å². The lowest BCUT2D eigenvalue weighted by atomic mass is 10.1. The van der Waals surface area contributed by atoms with Crippen LogP contribution >= 0.6 is 0 Å². The average molecular weight is 408 g/mol. The maximum absolute atomic E-state index is 12.5. The number of carbonyl (C=O) groups is 1. The van der Waals surface area contributed by atoms with Crippen LogP contribution in [0.15, 0.2) is 47.5 Å². The average Bonchev–Trinajstić information content (AvgIpc) is 2.77. The normalized spacial score (nSPS) is 10.5. The largest absolute Gasteiger partial charge is 0.497 e. The molecule has 3 rings (SSSR count). The number of H-pyrrole nitrogens is 1. The fraction of sp³-hybridized carbons (Fsp3) is 0.273. The molecule has 0 bridgehead atoms. The van der Waals surface area contributed by atoms with E-state index in [9.17, 15) is 9.59 Å². The molecule has 0 saturated heterocycles. The number of hydrogen-bond donors (Lipinski definition) is 2. The molecule has 8 heteroatoms. The van der Waals surface area contributed by atoms with E-state index in [-0.39, 0.29) is 17.9 Å². The van der Waals surface area contributed by atoms with Gasteiger partial charge in [-0.15, -0.1) is 0 Å². The van der Waals surface area contributed by atoms with Crippen molar-refractivity contribution in [2.75, 3.05) is 14.2 Å². The van der Waals surface area contributed by atoms with Gasteiger partial charge in [-0.1, -0.05) is 0 Å². The first-order valence-corrected chi connectivity index (χ1v) is 9.49. The number of benzene rings is 1. The highest BCUT2D eigenvalue weighted by atomic mass is 16.5. The van der Waals surface area contributed by atoms with Crippen molar-refractivity contribution in [3.05, 3.63) is 69.9 Å². The summed E-state index contributed by atoms with van der Waals surface area (Å²) in [6.07, 6.45) is 3.76. The predicted octanol–water partition coefficient (Wildman–Crippen LogP) is 2.41. The Morgan fingerprint density at radius 2 is 1.90 bits per heavy atom. The molecule has 1 amide bonds. The van der Waals surface area contributed by atoms with Gasteiger partial charge in [-0.3, -0.25) is 14.6 Å². The maximum Gasteiger partial charge on any atom is 0.254 e. The van der Waals surface area contributed by atoms with Gasteiger partial charge in [-0.2, -0.15) is 0 Å². The zero-order chi connectivity index (χ0) is 21.5. The quantitative estimate of drug-likeness (QED) is 0.593. The third-order valence-electron chi connectivity index (χ3n) is 4.75. The van der Waals surface area contributed by atoms with Gasteiger partial charge in [0.2, 0.25) is 5.91 Å². The molecule has 0 unspecified atom stereocenters. The van der Waals surface area contributed by atoms with Gasteiger partial charge in [0.05, 0.1) is 14.2 Å². The molecule has 0 aliphatic rings. The van der Waals surface area contributed by atoms with Crippen molar-refractivity contribution in [3.8, 4) is 22.9 Å². The SMILES string of the molecule is COc1ccc(CNC(=O)CCc2c(C)nc(-c3ccncc3)[nH]c2=O)c(OC)c1. The summed E-state index contributed by atoms with van der Waals surface area (Å²) in [6.45, 7) is 2.09. The van der Waals surface area contributed by atoms with Gasteiger partial charge in [0.25, 0.3) is 5.56 Å². The Morgan fingerprint density at radius 3 is 2.57 bits per heavy atom. The Labute approximate surface area is 174 Å². The summed E-state index contributed by atoms with van der Waals surface area (Å²) >= 11 is 0. The summed E-state index contributed by atoms with van der Waals surface area (Å²) in [5, 5.41) is 2.86. The summed E-state index contributed by atoms with van der Waals surface area (Å²) in [7, 11) is 3.15. The number of hydrogen-bond acceptors (Lipinski definition) is 6. The molecule has 2 aromatic heterocycles. The molecule has 8 nitrogen and oxygen atoms in total. The van der Waals surface area contributed by atoms with Crippen LogP contribution in [0.5, 0.6) is 11.5 Å². The van der Waals surface area contributed by atoms with Crippen molar-refractivity contribution in [2.45, 2.75) is 26.3 Å². The van der Waals surface area contributed by atoms with Crippen molar-refractivity contribution >= 4 is 5.91 Å². The van der Waals surface area contributed by atoms with Crippen LogP contribution in [0.2, 0.25) is 0 Å². The van der Waals surface area contributed by atoms with Gasteiger partial charge in [0.15, 0.2) is 0 Å². The monoisotopic (exact) mass is 408 g/mol. The van der Waals surface area contributed by atoms with E-state index in [0.29, 0.717) is 41.5 Å². The number of nitrogens with one attached hydrogen (secondary N) is 2. The number of carbonyl (C=O) groups excluding carboxylic acids is 1. The molecule has 0 aliphatic heterocycles. The van der Waals surface area contributed by atoms with Crippen LogP contribution in [-0.4, -0.2) is 35.1 Å². The third-order valence-corrected chi connectivity index (χ3v) is 4.75. The molecule has 3 aromatic rings. The highest BCUT2D eigenvalue weighted by Gasteiger charge is 2.12. The Hall–Kier alpha value is -3.68. The van der Waals surface area contributed by atoms with Gasteiger partial charge in [-0.05, 0) is 37.6 Å². The molecule has 2 heterocycles. The van der Waals surface area contributed by atoms with E-state index in [1.165, 1.54) is 0 Å². The van der Waals surface area contributed by atoms with Crippen LogP contribution in [0.25, 0.3) is 11.4 Å². The smallest absolute Gasteiger partial charge is 0.254 e. The third kappa shape index (κ3) is 5.02. The highest BCUT2D eigenvalue weighted by molar-refractivity contribution is 5.76. The summed E-state index contributed by atoms with van der Waals surface area (Å²) in [6, 6.07) is 8.97. The highest BCUT2D eigenvalue weighted by Crippen LogP contribution is 2.24. The second-order valence-electron chi connectivity index (χ2n) is 6.67. The molecule has 156 valence electrons. The van der Waals surface area contributed by atoms with Crippen molar-refractivity contribution in [1.82, 2.24) is 20.3 Å². The summed E-state index contributed by atoms with van der Waals surface area (Å²) in [5.74, 6) is 1.64. The first-order chi connectivity index (χ1) is 14.5. The number of aromatic nitrogens is 3. The van der Waals surface area contributed by atoms with E-state index >= 15 is 0 Å². The van der Waals surface area contributed by atoms with Gasteiger partial charge in [0, 0.05) is 53.8 Å². The number of pyridine rings is 1. The van der Waals surface area contributed by atoms with Crippen molar-refractivity contribution in [3.63, 3.8) is 0 Å². The van der Waals surface area contributed by atoms with Gasteiger partial charge < -0.3 is 19.8 Å². The van der Waals surface area contributed by atoms with E-state index in [1.807, 2.05) is 12.1 Å². The Balaban J connectivity index is 1.62. The van der Waals surface area contributed by atoms with Crippen LogP contribution in [0.1, 0.15) is 23.2 Å². The van der Waals surface area contributed by atoms with Crippen LogP contribution < -0.4 is 20.3 Å². The Kier molecular flexibility index (Phi) is 6.79. The Bertz CT molecular complexity index is 1080. The van der Waals surface area contributed by atoms with E-state index in [2.05, 4.69) is 20.3 Å². The molecule has 1 aromatic carbocycles. The molecule has 0 radical (unpaired) electrons. The van der Waals surface area contributed by atoms with E-state index in [1.54, 1.807) is 51.7 Å². The summed E-state index contributed by atoms with van der Waals surface area (Å²) in [5.41, 5.74) is 2.49. The van der Waals surface area contributed by atoms with E-state index in [4.69, 9.17) is 9.47 Å². The minimum absolute atomic E-state index is 0.162.